The van der Waals surface area contributed by atoms with Crippen LogP contribution in [0.3, 0.4) is 0 Å². The van der Waals surface area contributed by atoms with Crippen LogP contribution in [0, 0.1) is 5.92 Å². The molecule has 0 unspecified atom stereocenters. The van der Waals surface area contributed by atoms with Gasteiger partial charge in [-0.1, -0.05) is 6.92 Å². The molecular formula is C6H13ClN2. The standard InChI is InChI=1S/C6H12N2.ClH/c1-5-2-3-6(7)8-4-5;/h5H,2-4H2,1H3,(H2,7,8);1H/t5-;/m0./s1. The van der Waals surface area contributed by atoms with E-state index in [1.165, 1.54) is 6.42 Å². The Morgan fingerprint density at radius 2 is 2.33 bits per heavy atom. The monoisotopic (exact) mass is 148 g/mol. The van der Waals surface area contributed by atoms with E-state index in [-0.39, 0.29) is 12.4 Å². The first-order chi connectivity index (χ1) is 3.79. The molecule has 0 aromatic heterocycles. The van der Waals surface area contributed by atoms with Crippen molar-refractivity contribution in [3.63, 3.8) is 0 Å². The smallest absolute Gasteiger partial charge is 0.0937 e. The molecule has 2 nitrogen and oxygen atoms in total. The predicted octanol–water partition coefficient (Wildman–Crippen LogP) is 1.20. The first-order valence-electron chi connectivity index (χ1n) is 3.08. The van der Waals surface area contributed by atoms with Gasteiger partial charge in [0.15, 0.2) is 0 Å². The Kier molecular flexibility index (Phi) is 3.62. The van der Waals surface area contributed by atoms with Crippen LogP contribution in [0.4, 0.5) is 0 Å². The molecule has 0 radical (unpaired) electrons. The number of rotatable bonds is 0. The minimum absolute atomic E-state index is 0. The van der Waals surface area contributed by atoms with Crippen LogP contribution in [0.15, 0.2) is 4.99 Å². The fraction of sp³-hybridized carbons (Fsp3) is 0.833. The van der Waals surface area contributed by atoms with E-state index in [4.69, 9.17) is 5.73 Å². The normalized spacial score (nSPS) is 26.3. The molecule has 0 aromatic carbocycles. The molecule has 0 amide bonds. The second-order valence-electron chi connectivity index (χ2n) is 2.48. The maximum atomic E-state index is 5.45. The Hall–Kier alpha value is -0.240. The van der Waals surface area contributed by atoms with E-state index in [2.05, 4.69) is 11.9 Å². The van der Waals surface area contributed by atoms with Gasteiger partial charge in [0.05, 0.1) is 5.84 Å². The average Bonchev–Trinajstić information content (AvgIpc) is 1.77. The van der Waals surface area contributed by atoms with Gasteiger partial charge in [0, 0.05) is 13.0 Å². The molecule has 0 bridgehead atoms. The second kappa shape index (κ2) is 3.72. The summed E-state index contributed by atoms with van der Waals surface area (Å²) in [6.45, 7) is 3.14. The van der Waals surface area contributed by atoms with Crippen molar-refractivity contribution in [3.05, 3.63) is 0 Å². The highest BCUT2D eigenvalue weighted by Crippen LogP contribution is 2.10. The molecule has 0 aromatic rings. The lowest BCUT2D eigenvalue weighted by atomic mass is 10.0. The van der Waals surface area contributed by atoms with Crippen LogP contribution in [0.2, 0.25) is 0 Å². The topological polar surface area (TPSA) is 38.4 Å². The van der Waals surface area contributed by atoms with E-state index in [0.29, 0.717) is 0 Å². The summed E-state index contributed by atoms with van der Waals surface area (Å²) in [6.07, 6.45) is 2.22. The molecule has 0 saturated heterocycles. The van der Waals surface area contributed by atoms with Crippen LogP contribution in [0.1, 0.15) is 19.8 Å². The van der Waals surface area contributed by atoms with Crippen molar-refractivity contribution >= 4 is 18.2 Å². The third-order valence-electron chi connectivity index (χ3n) is 1.50. The van der Waals surface area contributed by atoms with Crippen LogP contribution in [-0.2, 0) is 0 Å². The summed E-state index contributed by atoms with van der Waals surface area (Å²) in [4.78, 5) is 4.11. The predicted molar refractivity (Wildman–Crippen MR) is 42.1 cm³/mol. The Labute approximate surface area is 61.9 Å². The Balaban J connectivity index is 0.000000640. The van der Waals surface area contributed by atoms with Crippen molar-refractivity contribution in [1.82, 2.24) is 0 Å². The number of aliphatic imine (C=N–C) groups is 1. The van der Waals surface area contributed by atoms with Gasteiger partial charge in [0.1, 0.15) is 0 Å². The number of hydrogen-bond donors (Lipinski definition) is 1. The van der Waals surface area contributed by atoms with Gasteiger partial charge in [0.25, 0.3) is 0 Å². The fourth-order valence-corrected chi connectivity index (χ4v) is 0.838. The molecule has 1 atom stereocenters. The molecule has 1 aliphatic heterocycles. The first kappa shape index (κ1) is 8.76. The lowest BCUT2D eigenvalue weighted by Crippen LogP contribution is -2.19. The average molecular weight is 149 g/mol. The number of nitrogens with two attached hydrogens (primary N) is 1. The summed E-state index contributed by atoms with van der Waals surface area (Å²) in [7, 11) is 0. The van der Waals surface area contributed by atoms with E-state index in [0.717, 1.165) is 24.7 Å². The molecule has 3 heteroatoms. The molecule has 1 rings (SSSR count). The molecule has 0 spiro atoms. The molecule has 1 heterocycles. The lowest BCUT2D eigenvalue weighted by Gasteiger charge is -2.13. The highest BCUT2D eigenvalue weighted by molar-refractivity contribution is 5.85. The lowest BCUT2D eigenvalue weighted by molar-refractivity contribution is 0.536. The van der Waals surface area contributed by atoms with E-state index >= 15 is 0 Å². The van der Waals surface area contributed by atoms with Gasteiger partial charge in [-0.15, -0.1) is 12.4 Å². The number of hydrogen-bond acceptors (Lipinski definition) is 2. The van der Waals surface area contributed by atoms with Crippen LogP contribution in [-0.4, -0.2) is 12.4 Å². The van der Waals surface area contributed by atoms with E-state index in [1.807, 2.05) is 0 Å². The summed E-state index contributed by atoms with van der Waals surface area (Å²) in [5.41, 5.74) is 5.45. The van der Waals surface area contributed by atoms with Crippen LogP contribution >= 0.6 is 12.4 Å². The van der Waals surface area contributed by atoms with Crippen LogP contribution in [0.5, 0.6) is 0 Å². The van der Waals surface area contributed by atoms with Crippen LogP contribution in [0.25, 0.3) is 0 Å². The third kappa shape index (κ3) is 2.70. The summed E-state index contributed by atoms with van der Waals surface area (Å²) in [5.74, 6) is 1.59. The maximum Gasteiger partial charge on any atom is 0.0937 e. The summed E-state index contributed by atoms with van der Waals surface area (Å²) >= 11 is 0. The molecular weight excluding hydrogens is 136 g/mol. The van der Waals surface area contributed by atoms with Crippen LogP contribution < -0.4 is 5.73 Å². The summed E-state index contributed by atoms with van der Waals surface area (Å²) < 4.78 is 0. The number of halogens is 1. The molecule has 54 valence electrons. The van der Waals surface area contributed by atoms with Crippen molar-refractivity contribution in [2.24, 2.45) is 16.6 Å². The van der Waals surface area contributed by atoms with Gasteiger partial charge in [-0.05, 0) is 12.3 Å². The van der Waals surface area contributed by atoms with Crippen molar-refractivity contribution in [1.29, 1.82) is 0 Å². The molecule has 1 aliphatic rings. The fourth-order valence-electron chi connectivity index (χ4n) is 0.838. The third-order valence-corrected chi connectivity index (χ3v) is 1.50. The number of nitrogens with zero attached hydrogens (tertiary/aromatic N) is 1. The molecule has 0 saturated carbocycles. The maximum absolute atomic E-state index is 5.45. The Morgan fingerprint density at radius 3 is 2.67 bits per heavy atom. The number of amidine groups is 1. The van der Waals surface area contributed by atoms with Gasteiger partial charge < -0.3 is 5.73 Å². The molecule has 9 heavy (non-hydrogen) atoms. The van der Waals surface area contributed by atoms with Crippen molar-refractivity contribution in [3.8, 4) is 0 Å². The van der Waals surface area contributed by atoms with Gasteiger partial charge in [0.2, 0.25) is 0 Å². The zero-order valence-corrected chi connectivity index (χ0v) is 6.45. The zero-order valence-electron chi connectivity index (χ0n) is 5.63. The van der Waals surface area contributed by atoms with E-state index in [9.17, 15) is 0 Å². The Bertz CT molecular complexity index is 112. The molecule has 2 N–H and O–H groups in total. The Morgan fingerprint density at radius 1 is 1.67 bits per heavy atom. The van der Waals surface area contributed by atoms with Gasteiger partial charge in [-0.2, -0.15) is 0 Å². The minimum atomic E-state index is 0. The second-order valence-corrected chi connectivity index (χ2v) is 2.48. The van der Waals surface area contributed by atoms with Gasteiger partial charge >= 0.3 is 0 Å². The zero-order chi connectivity index (χ0) is 5.98. The quantitative estimate of drug-likeness (QED) is 0.551. The highest BCUT2D eigenvalue weighted by Gasteiger charge is 2.07. The SMILES string of the molecule is C[C@H]1CCC(N)=NC1.Cl. The van der Waals surface area contributed by atoms with E-state index in [1.54, 1.807) is 0 Å². The summed E-state index contributed by atoms with van der Waals surface area (Å²) in [5, 5.41) is 0. The van der Waals surface area contributed by atoms with Crippen molar-refractivity contribution in [2.75, 3.05) is 6.54 Å². The molecule has 0 fully saturated rings. The molecule has 0 aliphatic carbocycles. The highest BCUT2D eigenvalue weighted by atomic mass is 35.5. The minimum Gasteiger partial charge on any atom is -0.387 e. The van der Waals surface area contributed by atoms with Crippen molar-refractivity contribution < 1.29 is 0 Å². The van der Waals surface area contributed by atoms with Gasteiger partial charge in [-0.3, -0.25) is 4.99 Å². The van der Waals surface area contributed by atoms with Crippen molar-refractivity contribution in [2.45, 2.75) is 19.8 Å². The summed E-state index contributed by atoms with van der Waals surface area (Å²) in [6, 6.07) is 0. The van der Waals surface area contributed by atoms with E-state index < -0.39 is 0 Å². The first-order valence-corrected chi connectivity index (χ1v) is 3.08. The van der Waals surface area contributed by atoms with Gasteiger partial charge in [-0.25, -0.2) is 0 Å². The largest absolute Gasteiger partial charge is 0.387 e.